The molecule has 0 spiro atoms. The maximum atomic E-state index is 12.5. The third-order valence-electron chi connectivity index (χ3n) is 4.47. The molecule has 1 saturated heterocycles. The number of carboxylic acids is 2. The van der Waals surface area contributed by atoms with E-state index in [1.54, 1.807) is 0 Å². The minimum absolute atomic E-state index is 0.138. The average molecular weight is 568 g/mol. The normalized spacial score (nSPS) is 14.2. The number of carbonyl (C=O) groups excluding carboxylic acids is 1. The number of aromatic nitrogens is 1. The molecule has 3 rings (SSSR count). The van der Waals surface area contributed by atoms with Gasteiger partial charge in [-0.2, -0.15) is 26.3 Å². The Balaban J connectivity index is 0.000000383. The summed E-state index contributed by atoms with van der Waals surface area (Å²) in [7, 11) is 0. The van der Waals surface area contributed by atoms with E-state index in [-0.39, 0.29) is 11.9 Å². The molecule has 0 aromatic carbocycles. The fourth-order valence-corrected chi connectivity index (χ4v) is 3.96. The lowest BCUT2D eigenvalue weighted by Gasteiger charge is -2.22. The van der Waals surface area contributed by atoms with Gasteiger partial charge >= 0.3 is 24.3 Å². The van der Waals surface area contributed by atoms with E-state index >= 15 is 0 Å². The highest BCUT2D eigenvalue weighted by molar-refractivity contribution is 7.21. The number of carbonyl (C=O) groups is 3. The van der Waals surface area contributed by atoms with Gasteiger partial charge in [-0.05, 0) is 32.3 Å². The van der Waals surface area contributed by atoms with Gasteiger partial charge in [-0.3, -0.25) is 4.79 Å². The van der Waals surface area contributed by atoms with Gasteiger partial charge in [0.25, 0.3) is 5.91 Å². The van der Waals surface area contributed by atoms with Gasteiger partial charge in [-0.15, -0.1) is 11.3 Å². The quantitative estimate of drug-likeness (QED) is 0.392. The molecular formula is C19H20ClF6N3O6S. The van der Waals surface area contributed by atoms with Crippen LogP contribution in [0.25, 0.3) is 10.2 Å². The number of nitrogens with zero attached hydrogens (tertiary/aromatic N) is 1. The van der Waals surface area contributed by atoms with Crippen LogP contribution < -0.4 is 11.1 Å². The largest absolute Gasteiger partial charge is 0.490 e. The fourth-order valence-electron chi connectivity index (χ4n) is 2.72. The summed E-state index contributed by atoms with van der Waals surface area (Å²) in [6, 6.07) is 0.144. The van der Waals surface area contributed by atoms with Gasteiger partial charge in [0.05, 0.1) is 16.4 Å². The maximum Gasteiger partial charge on any atom is 0.490 e. The molecule has 0 saturated carbocycles. The predicted molar refractivity (Wildman–Crippen MR) is 117 cm³/mol. The lowest BCUT2D eigenvalue weighted by molar-refractivity contribution is -0.193. The van der Waals surface area contributed by atoms with Crippen LogP contribution in [0.4, 0.5) is 32.0 Å². The SMILES string of the molecule is Cc1nc2sc(C(=O)NC3CCOCC3)c(N)c2c(C)c1Cl.O=C(O)C(F)(F)F.O=C(O)C(F)(F)F. The first kappa shape index (κ1) is 31.2. The molecule has 17 heteroatoms. The number of hydrogen-bond donors (Lipinski definition) is 4. The number of pyridine rings is 1. The Morgan fingerprint density at radius 3 is 1.92 bits per heavy atom. The second-order valence-corrected chi connectivity index (χ2v) is 8.50. The van der Waals surface area contributed by atoms with Gasteiger partial charge < -0.3 is 26.0 Å². The molecule has 2 aromatic rings. The summed E-state index contributed by atoms with van der Waals surface area (Å²) in [6.07, 6.45) is -8.50. The summed E-state index contributed by atoms with van der Waals surface area (Å²) in [5, 5.41) is 18.7. The monoisotopic (exact) mass is 567 g/mol. The van der Waals surface area contributed by atoms with Crippen molar-refractivity contribution in [3.63, 3.8) is 0 Å². The number of thiophene rings is 1. The van der Waals surface area contributed by atoms with E-state index in [1.165, 1.54) is 11.3 Å². The van der Waals surface area contributed by atoms with Gasteiger partial charge in [0.1, 0.15) is 9.71 Å². The molecule has 0 atom stereocenters. The molecule has 0 radical (unpaired) electrons. The fraction of sp³-hybridized carbons (Fsp3) is 0.474. The lowest BCUT2D eigenvalue weighted by Crippen LogP contribution is -2.38. The van der Waals surface area contributed by atoms with Crippen LogP contribution in [0, 0.1) is 13.8 Å². The molecule has 3 heterocycles. The second-order valence-electron chi connectivity index (χ2n) is 7.13. The van der Waals surface area contributed by atoms with Crippen LogP contribution in [0.15, 0.2) is 0 Å². The van der Waals surface area contributed by atoms with E-state index in [1.807, 2.05) is 13.8 Å². The highest BCUT2D eigenvalue weighted by atomic mass is 35.5. The molecule has 36 heavy (non-hydrogen) atoms. The van der Waals surface area contributed by atoms with Crippen molar-refractivity contribution in [2.24, 2.45) is 0 Å². The molecule has 0 bridgehead atoms. The molecule has 1 aliphatic heterocycles. The Bertz CT molecular complexity index is 1090. The molecule has 0 unspecified atom stereocenters. The third-order valence-corrected chi connectivity index (χ3v) is 6.12. The van der Waals surface area contributed by atoms with E-state index in [9.17, 15) is 31.1 Å². The number of nitrogens with one attached hydrogen (secondary N) is 1. The number of carboxylic acid groups (broad SMARTS) is 2. The summed E-state index contributed by atoms with van der Waals surface area (Å²) in [5.41, 5.74) is 8.29. The molecular weight excluding hydrogens is 548 g/mol. The summed E-state index contributed by atoms with van der Waals surface area (Å²) in [4.78, 5) is 36.0. The van der Waals surface area contributed by atoms with Crippen LogP contribution >= 0.6 is 22.9 Å². The second kappa shape index (κ2) is 12.4. The van der Waals surface area contributed by atoms with Crippen LogP contribution in [0.2, 0.25) is 5.02 Å². The molecule has 2 aromatic heterocycles. The zero-order valence-electron chi connectivity index (χ0n) is 18.5. The van der Waals surface area contributed by atoms with E-state index in [4.69, 9.17) is 41.9 Å². The number of alkyl halides is 6. The van der Waals surface area contributed by atoms with Crippen LogP contribution in [0.1, 0.15) is 33.8 Å². The summed E-state index contributed by atoms with van der Waals surface area (Å²) < 4.78 is 68.8. The molecule has 202 valence electrons. The van der Waals surface area contributed by atoms with E-state index in [0.717, 1.165) is 34.3 Å². The first-order valence-corrected chi connectivity index (χ1v) is 10.9. The van der Waals surface area contributed by atoms with Crippen molar-refractivity contribution in [2.75, 3.05) is 18.9 Å². The predicted octanol–water partition coefficient (Wildman–Crippen LogP) is 4.32. The molecule has 0 aliphatic carbocycles. The minimum Gasteiger partial charge on any atom is -0.475 e. The number of hydrogen-bond acceptors (Lipinski definition) is 7. The first-order chi connectivity index (χ1) is 16.4. The molecule has 9 nitrogen and oxygen atoms in total. The molecule has 5 N–H and O–H groups in total. The van der Waals surface area contributed by atoms with Crippen molar-refractivity contribution in [3.05, 3.63) is 21.2 Å². The minimum atomic E-state index is -5.08. The van der Waals surface area contributed by atoms with Crippen LogP contribution in [0.3, 0.4) is 0 Å². The number of ether oxygens (including phenoxy) is 1. The molecule has 1 fully saturated rings. The first-order valence-electron chi connectivity index (χ1n) is 9.71. The van der Waals surface area contributed by atoms with Crippen LogP contribution in [-0.2, 0) is 14.3 Å². The number of amides is 1. The number of nitrogens with two attached hydrogens (primary N) is 1. The van der Waals surface area contributed by atoms with E-state index in [2.05, 4.69) is 10.3 Å². The standard InChI is InChI=1S/C15H18ClN3O2S.2C2HF3O2/c1-7-10-12(17)13(22-15(10)18-8(2)11(7)16)14(20)19-9-3-5-21-6-4-9;2*3-2(4,5)1(6)7/h9H,3-6,17H2,1-2H3,(H,19,20);2*(H,6,7). The Labute approximate surface area is 208 Å². The highest BCUT2D eigenvalue weighted by Gasteiger charge is 2.38. The Morgan fingerprint density at radius 2 is 1.50 bits per heavy atom. The van der Waals surface area contributed by atoms with Crippen molar-refractivity contribution in [2.45, 2.75) is 45.1 Å². The van der Waals surface area contributed by atoms with Gasteiger partial charge in [-0.1, -0.05) is 11.6 Å². The number of fused-ring (bicyclic) bond motifs is 1. The topological polar surface area (TPSA) is 152 Å². The smallest absolute Gasteiger partial charge is 0.475 e. The number of aliphatic carboxylic acids is 2. The van der Waals surface area contributed by atoms with Crippen LogP contribution in [-0.4, -0.2) is 64.7 Å². The van der Waals surface area contributed by atoms with Crippen molar-refractivity contribution in [1.29, 1.82) is 0 Å². The number of anilines is 1. The summed E-state index contributed by atoms with van der Waals surface area (Å²) in [5.74, 6) is -5.65. The van der Waals surface area contributed by atoms with Gasteiger partial charge in [-0.25, -0.2) is 14.6 Å². The zero-order valence-corrected chi connectivity index (χ0v) is 20.1. The number of nitrogen functional groups attached to an aromatic ring is 1. The number of aryl methyl sites for hydroxylation is 2. The highest BCUT2D eigenvalue weighted by Crippen LogP contribution is 2.38. The van der Waals surface area contributed by atoms with Gasteiger partial charge in [0.2, 0.25) is 0 Å². The summed E-state index contributed by atoms with van der Waals surface area (Å²) >= 11 is 7.56. The van der Waals surface area contributed by atoms with Crippen molar-refractivity contribution >= 4 is 56.7 Å². The van der Waals surface area contributed by atoms with E-state index in [0.29, 0.717) is 28.8 Å². The van der Waals surface area contributed by atoms with Crippen molar-refractivity contribution < 1.29 is 55.7 Å². The third kappa shape index (κ3) is 8.67. The lowest BCUT2D eigenvalue weighted by atomic mass is 10.1. The summed E-state index contributed by atoms with van der Waals surface area (Å²) in [6.45, 7) is 5.12. The van der Waals surface area contributed by atoms with E-state index < -0.39 is 24.3 Å². The number of rotatable bonds is 2. The molecule has 1 aliphatic rings. The maximum absolute atomic E-state index is 12.5. The Morgan fingerprint density at radius 1 is 1.06 bits per heavy atom. The van der Waals surface area contributed by atoms with Gasteiger partial charge in [0.15, 0.2) is 0 Å². The Kier molecular flexibility index (Phi) is 10.7. The number of halogens is 7. The van der Waals surface area contributed by atoms with Crippen molar-refractivity contribution in [1.82, 2.24) is 10.3 Å². The van der Waals surface area contributed by atoms with Gasteiger partial charge in [0, 0.05) is 24.6 Å². The van der Waals surface area contributed by atoms with Crippen molar-refractivity contribution in [3.8, 4) is 0 Å². The average Bonchev–Trinajstić information content (AvgIpc) is 3.08. The zero-order chi connectivity index (χ0) is 28.0. The van der Waals surface area contributed by atoms with Crippen LogP contribution in [0.5, 0.6) is 0 Å². The molecule has 1 amide bonds. The Hall–Kier alpha value is -2.85.